The number of rotatable bonds is 1. The Hall–Kier alpha value is -1.62. The van der Waals surface area contributed by atoms with E-state index in [9.17, 15) is 4.79 Å². The minimum atomic E-state index is -0.309. The highest BCUT2D eigenvalue weighted by Gasteiger charge is 2.18. The zero-order chi connectivity index (χ0) is 11.8. The molecule has 0 radical (unpaired) electrons. The van der Waals surface area contributed by atoms with Crippen molar-refractivity contribution in [3.63, 3.8) is 0 Å². The first-order valence-electron chi connectivity index (χ1n) is 5.37. The summed E-state index contributed by atoms with van der Waals surface area (Å²) in [5.41, 5.74) is 2.66. The van der Waals surface area contributed by atoms with E-state index in [1.54, 1.807) is 0 Å². The van der Waals surface area contributed by atoms with Gasteiger partial charge in [-0.25, -0.2) is 4.79 Å². The van der Waals surface area contributed by atoms with Crippen LogP contribution >= 0.6 is 15.9 Å². The van der Waals surface area contributed by atoms with Gasteiger partial charge in [0.15, 0.2) is 0 Å². The van der Waals surface area contributed by atoms with E-state index in [-0.39, 0.29) is 5.69 Å². The highest BCUT2D eigenvalue weighted by atomic mass is 79.9. The van der Waals surface area contributed by atoms with Gasteiger partial charge in [0.05, 0.1) is 5.69 Å². The van der Waals surface area contributed by atoms with Crippen molar-refractivity contribution in [2.45, 2.75) is 6.42 Å². The zero-order valence-corrected chi connectivity index (χ0v) is 10.5. The van der Waals surface area contributed by atoms with Gasteiger partial charge in [-0.1, -0.05) is 28.1 Å². The maximum Gasteiger partial charge on any atom is 0.347 e. The molecule has 0 aliphatic carbocycles. The molecule has 1 aromatic carbocycles. The Morgan fingerprint density at radius 3 is 2.76 bits per heavy atom. The first-order valence-corrected chi connectivity index (χ1v) is 6.16. The van der Waals surface area contributed by atoms with Crippen molar-refractivity contribution in [2.24, 2.45) is 0 Å². The third-order valence-electron chi connectivity index (χ3n) is 2.83. The number of anilines is 1. The van der Waals surface area contributed by atoms with Crippen LogP contribution in [0.5, 0.6) is 0 Å². The van der Waals surface area contributed by atoms with Crippen LogP contribution in [0.25, 0.3) is 11.3 Å². The molecule has 0 saturated carbocycles. The van der Waals surface area contributed by atoms with E-state index >= 15 is 0 Å². The van der Waals surface area contributed by atoms with E-state index in [0.29, 0.717) is 5.82 Å². The molecule has 5 heteroatoms. The summed E-state index contributed by atoms with van der Waals surface area (Å²) in [4.78, 5) is 18.2. The monoisotopic (exact) mass is 291 g/mol. The van der Waals surface area contributed by atoms with Gasteiger partial charge in [0.1, 0.15) is 5.82 Å². The maximum absolute atomic E-state index is 11.5. The molecule has 3 rings (SSSR count). The fourth-order valence-electron chi connectivity index (χ4n) is 2.06. The quantitative estimate of drug-likeness (QED) is 0.847. The smallest absolute Gasteiger partial charge is 0.347 e. The highest BCUT2D eigenvalue weighted by Crippen LogP contribution is 2.28. The number of benzene rings is 1. The summed E-state index contributed by atoms with van der Waals surface area (Å²) >= 11 is 3.40. The Balaban J connectivity index is 2.21. The molecular formula is C12H10BrN3O. The van der Waals surface area contributed by atoms with Crippen LogP contribution in [0, 0.1) is 0 Å². The van der Waals surface area contributed by atoms with Crippen molar-refractivity contribution >= 4 is 21.7 Å². The number of nitrogens with one attached hydrogen (secondary N) is 2. The molecule has 0 bridgehead atoms. The molecular weight excluding hydrogens is 282 g/mol. The minimum absolute atomic E-state index is 0.309. The Bertz CT molecular complexity index is 619. The van der Waals surface area contributed by atoms with Crippen LogP contribution < -0.4 is 11.0 Å². The van der Waals surface area contributed by atoms with Gasteiger partial charge in [-0.2, -0.15) is 4.98 Å². The lowest BCUT2D eigenvalue weighted by molar-refractivity contribution is 1.06. The van der Waals surface area contributed by atoms with Gasteiger partial charge < -0.3 is 10.3 Å². The van der Waals surface area contributed by atoms with Crippen LogP contribution in [0.2, 0.25) is 0 Å². The van der Waals surface area contributed by atoms with Crippen molar-refractivity contribution in [2.75, 3.05) is 11.9 Å². The Labute approximate surface area is 106 Å². The first-order chi connectivity index (χ1) is 8.24. The summed E-state index contributed by atoms with van der Waals surface area (Å²) in [5, 5.41) is 3.12. The third-order valence-corrected chi connectivity index (χ3v) is 3.36. The third kappa shape index (κ3) is 1.86. The molecule has 1 aliphatic heterocycles. The number of nitrogens with zero attached hydrogens (tertiary/aromatic N) is 1. The maximum atomic E-state index is 11.5. The van der Waals surface area contributed by atoms with Gasteiger partial charge >= 0.3 is 5.69 Å². The Morgan fingerprint density at radius 2 is 2.00 bits per heavy atom. The molecule has 0 saturated heterocycles. The molecule has 0 atom stereocenters. The standard InChI is InChI=1S/C12H10BrN3O/c13-8-3-1-7(2-4-8)10-9-5-6-14-11(9)16-12(17)15-10/h1-4H,5-6H2,(H2,14,15,16,17). The summed E-state index contributed by atoms with van der Waals surface area (Å²) in [7, 11) is 0. The van der Waals surface area contributed by atoms with Crippen molar-refractivity contribution in [1.82, 2.24) is 9.97 Å². The molecule has 2 N–H and O–H groups in total. The molecule has 86 valence electrons. The SMILES string of the molecule is O=c1nc2c(c(-c3ccc(Br)cc3)[nH]1)CCN2. The molecule has 17 heavy (non-hydrogen) atoms. The molecule has 4 nitrogen and oxygen atoms in total. The van der Waals surface area contributed by atoms with Gasteiger partial charge in [-0.15, -0.1) is 0 Å². The fraction of sp³-hybridized carbons (Fsp3) is 0.167. The van der Waals surface area contributed by atoms with Gasteiger partial charge in [-0.3, -0.25) is 0 Å². The lowest BCUT2D eigenvalue weighted by Crippen LogP contribution is -2.13. The average Bonchev–Trinajstić information content (AvgIpc) is 2.77. The largest absolute Gasteiger partial charge is 0.369 e. The summed E-state index contributed by atoms with van der Waals surface area (Å²) in [6, 6.07) is 7.88. The number of fused-ring (bicyclic) bond motifs is 1. The predicted octanol–water partition coefficient (Wildman–Crippen LogP) is 2.17. The van der Waals surface area contributed by atoms with E-state index in [4.69, 9.17) is 0 Å². The average molecular weight is 292 g/mol. The van der Waals surface area contributed by atoms with E-state index in [2.05, 4.69) is 31.2 Å². The van der Waals surface area contributed by atoms with Crippen LogP contribution in [-0.2, 0) is 6.42 Å². The van der Waals surface area contributed by atoms with E-state index < -0.39 is 0 Å². The summed E-state index contributed by atoms with van der Waals surface area (Å²) in [6.07, 6.45) is 0.893. The normalized spacial score (nSPS) is 13.2. The predicted molar refractivity (Wildman–Crippen MR) is 70.2 cm³/mol. The van der Waals surface area contributed by atoms with Gasteiger partial charge in [0.2, 0.25) is 0 Å². The molecule has 2 aromatic rings. The van der Waals surface area contributed by atoms with E-state index in [1.807, 2.05) is 24.3 Å². The van der Waals surface area contributed by atoms with E-state index in [0.717, 1.165) is 34.3 Å². The van der Waals surface area contributed by atoms with E-state index in [1.165, 1.54) is 0 Å². The molecule has 0 amide bonds. The molecule has 2 heterocycles. The van der Waals surface area contributed by atoms with Crippen molar-refractivity contribution in [3.05, 3.63) is 44.8 Å². The van der Waals surface area contributed by atoms with Crippen LogP contribution in [0.1, 0.15) is 5.56 Å². The molecule has 0 fully saturated rings. The fourth-order valence-corrected chi connectivity index (χ4v) is 2.32. The number of hydrogen-bond donors (Lipinski definition) is 2. The van der Waals surface area contributed by atoms with Crippen molar-refractivity contribution in [1.29, 1.82) is 0 Å². The number of aromatic amines is 1. The number of halogens is 1. The summed E-state index contributed by atoms with van der Waals surface area (Å²) in [6.45, 7) is 0.836. The van der Waals surface area contributed by atoms with Gasteiger partial charge in [-0.05, 0) is 24.1 Å². The Morgan fingerprint density at radius 1 is 1.24 bits per heavy atom. The van der Waals surface area contributed by atoms with Crippen LogP contribution in [0.15, 0.2) is 33.5 Å². The first kappa shape index (κ1) is 10.5. The van der Waals surface area contributed by atoms with Crippen molar-refractivity contribution < 1.29 is 0 Å². The van der Waals surface area contributed by atoms with Crippen LogP contribution in [-0.4, -0.2) is 16.5 Å². The number of H-pyrrole nitrogens is 1. The van der Waals surface area contributed by atoms with Gasteiger partial charge in [0.25, 0.3) is 0 Å². The molecule has 1 aromatic heterocycles. The summed E-state index contributed by atoms with van der Waals surface area (Å²) in [5.74, 6) is 0.715. The minimum Gasteiger partial charge on any atom is -0.369 e. The molecule has 0 unspecified atom stereocenters. The second-order valence-corrected chi connectivity index (χ2v) is 4.84. The second kappa shape index (κ2) is 4.00. The second-order valence-electron chi connectivity index (χ2n) is 3.93. The van der Waals surface area contributed by atoms with Crippen LogP contribution in [0.3, 0.4) is 0 Å². The number of hydrogen-bond acceptors (Lipinski definition) is 3. The van der Waals surface area contributed by atoms with Crippen LogP contribution in [0.4, 0.5) is 5.82 Å². The number of aromatic nitrogens is 2. The lowest BCUT2D eigenvalue weighted by Gasteiger charge is -2.06. The molecule has 0 spiro atoms. The van der Waals surface area contributed by atoms with Crippen molar-refractivity contribution in [3.8, 4) is 11.3 Å². The lowest BCUT2D eigenvalue weighted by atomic mass is 10.1. The summed E-state index contributed by atoms with van der Waals surface area (Å²) < 4.78 is 1.02. The molecule has 1 aliphatic rings. The highest BCUT2D eigenvalue weighted by molar-refractivity contribution is 9.10. The zero-order valence-electron chi connectivity index (χ0n) is 8.96. The topological polar surface area (TPSA) is 57.8 Å². The Kier molecular flexibility index (Phi) is 2.48. The van der Waals surface area contributed by atoms with Gasteiger partial charge in [0, 0.05) is 16.6 Å².